The minimum Gasteiger partial charge on any atom is -0.398 e. The SMILES string of the molecule is CCCNC(Cc1cnccc1N)C1CCC(C)(C)CC1. The molecule has 1 unspecified atom stereocenters. The van der Waals surface area contributed by atoms with Crippen molar-refractivity contribution < 1.29 is 0 Å². The topological polar surface area (TPSA) is 50.9 Å². The van der Waals surface area contributed by atoms with E-state index in [0.717, 1.165) is 24.6 Å². The molecule has 0 saturated heterocycles. The molecule has 0 bridgehead atoms. The Hall–Kier alpha value is -1.09. The van der Waals surface area contributed by atoms with Gasteiger partial charge in [-0.05, 0) is 68.0 Å². The minimum atomic E-state index is 0.527. The second-order valence-corrected chi connectivity index (χ2v) is 7.34. The number of aromatic nitrogens is 1. The van der Waals surface area contributed by atoms with Crippen molar-refractivity contribution in [3.63, 3.8) is 0 Å². The predicted octanol–water partition coefficient (Wildman–Crippen LogP) is 3.79. The van der Waals surface area contributed by atoms with Crippen molar-refractivity contribution in [1.29, 1.82) is 0 Å². The molecule has 2 rings (SSSR count). The Balaban J connectivity index is 2.03. The van der Waals surface area contributed by atoms with E-state index in [1.165, 1.54) is 37.7 Å². The Morgan fingerprint density at radius 3 is 2.71 bits per heavy atom. The third-order valence-corrected chi connectivity index (χ3v) is 4.99. The third-order valence-electron chi connectivity index (χ3n) is 4.99. The second kappa shape index (κ2) is 7.26. The summed E-state index contributed by atoms with van der Waals surface area (Å²) in [5, 5.41) is 3.76. The zero-order valence-electron chi connectivity index (χ0n) is 13.9. The minimum absolute atomic E-state index is 0.527. The van der Waals surface area contributed by atoms with Gasteiger partial charge in [-0.2, -0.15) is 0 Å². The molecule has 3 heteroatoms. The molecule has 1 heterocycles. The summed E-state index contributed by atoms with van der Waals surface area (Å²) >= 11 is 0. The Morgan fingerprint density at radius 2 is 2.10 bits per heavy atom. The van der Waals surface area contributed by atoms with E-state index in [1.807, 2.05) is 12.3 Å². The lowest BCUT2D eigenvalue weighted by Crippen LogP contribution is -2.41. The maximum Gasteiger partial charge on any atom is 0.0378 e. The van der Waals surface area contributed by atoms with Crippen molar-refractivity contribution in [2.24, 2.45) is 11.3 Å². The fraction of sp³-hybridized carbons (Fsp3) is 0.722. The van der Waals surface area contributed by atoms with Crippen molar-refractivity contribution in [1.82, 2.24) is 10.3 Å². The van der Waals surface area contributed by atoms with Crippen LogP contribution in [0.3, 0.4) is 0 Å². The normalized spacial score (nSPS) is 20.3. The van der Waals surface area contributed by atoms with E-state index in [4.69, 9.17) is 5.73 Å². The van der Waals surface area contributed by atoms with Gasteiger partial charge in [0.05, 0.1) is 0 Å². The highest BCUT2D eigenvalue weighted by atomic mass is 14.9. The van der Waals surface area contributed by atoms with Gasteiger partial charge in [0.2, 0.25) is 0 Å². The number of rotatable bonds is 6. The maximum atomic E-state index is 6.10. The zero-order chi connectivity index (χ0) is 15.3. The van der Waals surface area contributed by atoms with E-state index in [9.17, 15) is 0 Å². The number of hydrogen-bond acceptors (Lipinski definition) is 3. The molecule has 0 radical (unpaired) electrons. The van der Waals surface area contributed by atoms with Crippen LogP contribution in [0.15, 0.2) is 18.5 Å². The molecule has 118 valence electrons. The van der Waals surface area contributed by atoms with Crippen LogP contribution in [0.5, 0.6) is 0 Å². The Labute approximate surface area is 129 Å². The van der Waals surface area contributed by atoms with Crippen LogP contribution in [-0.2, 0) is 6.42 Å². The van der Waals surface area contributed by atoms with Gasteiger partial charge in [-0.25, -0.2) is 0 Å². The summed E-state index contributed by atoms with van der Waals surface area (Å²) in [4.78, 5) is 4.24. The molecule has 1 aliphatic carbocycles. The smallest absolute Gasteiger partial charge is 0.0378 e. The number of nitrogen functional groups attached to an aromatic ring is 1. The number of hydrogen-bond donors (Lipinski definition) is 2. The van der Waals surface area contributed by atoms with Crippen molar-refractivity contribution in [3.8, 4) is 0 Å². The van der Waals surface area contributed by atoms with Gasteiger partial charge in [0.15, 0.2) is 0 Å². The molecule has 1 aliphatic rings. The number of anilines is 1. The van der Waals surface area contributed by atoms with Crippen LogP contribution < -0.4 is 11.1 Å². The van der Waals surface area contributed by atoms with Crippen LogP contribution in [0.1, 0.15) is 58.4 Å². The molecule has 0 aliphatic heterocycles. The molecule has 0 aromatic carbocycles. The van der Waals surface area contributed by atoms with E-state index in [-0.39, 0.29) is 0 Å². The molecule has 1 aromatic rings. The molecular formula is C18H31N3. The lowest BCUT2D eigenvalue weighted by Gasteiger charge is -2.38. The number of nitrogens with two attached hydrogens (primary N) is 1. The Morgan fingerprint density at radius 1 is 1.38 bits per heavy atom. The van der Waals surface area contributed by atoms with Crippen molar-refractivity contribution in [2.45, 2.75) is 65.3 Å². The maximum absolute atomic E-state index is 6.10. The zero-order valence-corrected chi connectivity index (χ0v) is 13.9. The van der Waals surface area contributed by atoms with Crippen LogP contribution >= 0.6 is 0 Å². The molecule has 1 aromatic heterocycles. The second-order valence-electron chi connectivity index (χ2n) is 7.34. The van der Waals surface area contributed by atoms with Crippen molar-refractivity contribution >= 4 is 5.69 Å². The number of nitrogens with one attached hydrogen (secondary N) is 1. The van der Waals surface area contributed by atoms with Gasteiger partial charge in [-0.15, -0.1) is 0 Å². The fourth-order valence-electron chi connectivity index (χ4n) is 3.40. The molecule has 1 atom stereocenters. The molecule has 21 heavy (non-hydrogen) atoms. The van der Waals surface area contributed by atoms with Crippen LogP contribution in [-0.4, -0.2) is 17.6 Å². The van der Waals surface area contributed by atoms with Gasteiger partial charge in [-0.1, -0.05) is 20.8 Å². The summed E-state index contributed by atoms with van der Waals surface area (Å²) < 4.78 is 0. The molecule has 3 nitrogen and oxygen atoms in total. The Bertz CT molecular complexity index is 432. The van der Waals surface area contributed by atoms with Crippen LogP contribution in [0.4, 0.5) is 5.69 Å². The Kier molecular flexibility index (Phi) is 5.63. The van der Waals surface area contributed by atoms with Gasteiger partial charge < -0.3 is 11.1 Å². The molecule has 0 spiro atoms. The first-order chi connectivity index (χ1) is 10.0. The van der Waals surface area contributed by atoms with Crippen molar-refractivity contribution in [2.75, 3.05) is 12.3 Å². The standard InChI is InChI=1S/C18H31N3/c1-4-10-21-17(12-15-13-20-11-7-16(15)19)14-5-8-18(2,3)9-6-14/h7,11,13-14,17,21H,4-6,8-10,12H2,1-3H3,(H2,19,20). The lowest BCUT2D eigenvalue weighted by atomic mass is 9.70. The van der Waals surface area contributed by atoms with Crippen LogP contribution in [0.2, 0.25) is 0 Å². The highest BCUT2D eigenvalue weighted by Crippen LogP contribution is 2.39. The van der Waals surface area contributed by atoms with Crippen molar-refractivity contribution in [3.05, 3.63) is 24.0 Å². The molecule has 0 amide bonds. The highest BCUT2D eigenvalue weighted by Gasteiger charge is 2.31. The summed E-state index contributed by atoms with van der Waals surface area (Å²) in [7, 11) is 0. The lowest BCUT2D eigenvalue weighted by molar-refractivity contribution is 0.160. The van der Waals surface area contributed by atoms with Gasteiger partial charge in [0, 0.05) is 24.1 Å². The largest absolute Gasteiger partial charge is 0.398 e. The molecule has 1 saturated carbocycles. The van der Waals surface area contributed by atoms with E-state index in [2.05, 4.69) is 31.1 Å². The first kappa shape index (κ1) is 16.3. The highest BCUT2D eigenvalue weighted by molar-refractivity contribution is 5.44. The fourth-order valence-corrected chi connectivity index (χ4v) is 3.40. The van der Waals surface area contributed by atoms with Gasteiger partial charge in [0.25, 0.3) is 0 Å². The molecule has 1 fully saturated rings. The monoisotopic (exact) mass is 289 g/mol. The average Bonchev–Trinajstić information content (AvgIpc) is 2.46. The van der Waals surface area contributed by atoms with E-state index in [1.54, 1.807) is 6.20 Å². The van der Waals surface area contributed by atoms with Gasteiger partial charge in [0.1, 0.15) is 0 Å². The van der Waals surface area contributed by atoms with E-state index < -0.39 is 0 Å². The van der Waals surface area contributed by atoms with Gasteiger partial charge >= 0.3 is 0 Å². The molecular weight excluding hydrogens is 258 g/mol. The summed E-state index contributed by atoms with van der Waals surface area (Å²) in [5.41, 5.74) is 8.70. The van der Waals surface area contributed by atoms with E-state index in [0.29, 0.717) is 11.5 Å². The third kappa shape index (κ3) is 4.70. The van der Waals surface area contributed by atoms with Crippen LogP contribution in [0.25, 0.3) is 0 Å². The van der Waals surface area contributed by atoms with Crippen LogP contribution in [0, 0.1) is 11.3 Å². The summed E-state index contributed by atoms with van der Waals surface area (Å²) in [6.45, 7) is 8.12. The van der Waals surface area contributed by atoms with Gasteiger partial charge in [-0.3, -0.25) is 4.98 Å². The number of nitrogens with zero attached hydrogens (tertiary/aromatic N) is 1. The summed E-state index contributed by atoms with van der Waals surface area (Å²) in [6, 6.07) is 2.45. The average molecular weight is 289 g/mol. The first-order valence-corrected chi connectivity index (χ1v) is 8.43. The summed E-state index contributed by atoms with van der Waals surface area (Å²) in [6.07, 6.45) is 11.2. The summed E-state index contributed by atoms with van der Waals surface area (Å²) in [5.74, 6) is 0.768. The molecule has 3 N–H and O–H groups in total. The first-order valence-electron chi connectivity index (χ1n) is 8.43. The predicted molar refractivity (Wildman–Crippen MR) is 90.2 cm³/mol. The van der Waals surface area contributed by atoms with E-state index >= 15 is 0 Å². The quantitative estimate of drug-likeness (QED) is 0.837. The number of pyridine rings is 1.